The largest absolute Gasteiger partial charge is 0.494 e. The highest BCUT2D eigenvalue weighted by molar-refractivity contribution is 8.27. The lowest BCUT2D eigenvalue weighted by molar-refractivity contribution is -0.137. The highest BCUT2D eigenvalue weighted by Crippen LogP contribution is 2.38. The zero-order valence-electron chi connectivity index (χ0n) is 18.6. The summed E-state index contributed by atoms with van der Waals surface area (Å²) in [6.45, 7) is 6.06. The van der Waals surface area contributed by atoms with Gasteiger partial charge in [0.2, 0.25) is 0 Å². The highest BCUT2D eigenvalue weighted by atomic mass is 32.2. The van der Waals surface area contributed by atoms with Gasteiger partial charge >= 0.3 is 6.18 Å². The number of amides is 1. The van der Waals surface area contributed by atoms with Crippen molar-refractivity contribution in [3.63, 3.8) is 0 Å². The van der Waals surface area contributed by atoms with Gasteiger partial charge in [-0.15, -0.1) is 0 Å². The summed E-state index contributed by atoms with van der Waals surface area (Å²) in [6, 6.07) is 14.1. The van der Waals surface area contributed by atoms with Gasteiger partial charge < -0.3 is 9.30 Å². The first kappa shape index (κ1) is 24.1. The van der Waals surface area contributed by atoms with Crippen LogP contribution in [-0.4, -0.2) is 21.4 Å². The van der Waals surface area contributed by atoms with Crippen LogP contribution in [0.2, 0.25) is 0 Å². The molecule has 0 atom stereocenters. The van der Waals surface area contributed by atoms with Gasteiger partial charge in [0.25, 0.3) is 5.91 Å². The van der Waals surface area contributed by atoms with Crippen molar-refractivity contribution in [3.05, 3.63) is 82.0 Å². The summed E-state index contributed by atoms with van der Waals surface area (Å²) in [6.07, 6.45) is -2.69. The number of anilines is 1. The third kappa shape index (κ3) is 4.63. The number of benzene rings is 2. The molecule has 0 saturated carbocycles. The van der Waals surface area contributed by atoms with E-state index in [0.29, 0.717) is 33.0 Å². The number of nitrogens with zero attached hydrogens (tertiary/aromatic N) is 2. The van der Waals surface area contributed by atoms with Crippen LogP contribution in [0.1, 0.15) is 29.4 Å². The molecule has 9 heteroatoms. The Morgan fingerprint density at radius 1 is 1.06 bits per heavy atom. The molecule has 0 bridgehead atoms. The minimum absolute atomic E-state index is 0.247. The number of ether oxygens (including phenoxy) is 1. The number of carbonyl (C=O) groups is 1. The van der Waals surface area contributed by atoms with Crippen LogP contribution in [0.5, 0.6) is 5.75 Å². The summed E-state index contributed by atoms with van der Waals surface area (Å²) >= 11 is 6.64. The standard InChI is InChI=1S/C25H21F3N2O2S2/c1-4-32-21-10-8-19(9-11-21)30-23(31)22(34-24(30)33)13-17-12-15(2)29(16(17)3)20-7-5-6-18(14-20)25(26,27)28/h5-14H,4H2,1-3H3/b22-13+. The minimum Gasteiger partial charge on any atom is -0.494 e. The fourth-order valence-electron chi connectivity index (χ4n) is 3.84. The van der Waals surface area contributed by atoms with E-state index in [-0.39, 0.29) is 5.91 Å². The number of aromatic nitrogens is 1. The number of thiocarbonyl (C=S) groups is 1. The van der Waals surface area contributed by atoms with Crippen LogP contribution in [0.3, 0.4) is 0 Å². The first-order valence-electron chi connectivity index (χ1n) is 10.5. The molecule has 1 amide bonds. The molecule has 0 N–H and O–H groups in total. The Bertz CT molecular complexity index is 1290. The molecular formula is C25H21F3N2O2S2. The van der Waals surface area contributed by atoms with Gasteiger partial charge in [0.15, 0.2) is 4.32 Å². The van der Waals surface area contributed by atoms with E-state index < -0.39 is 11.7 Å². The molecule has 1 saturated heterocycles. The molecule has 0 aliphatic carbocycles. The van der Waals surface area contributed by atoms with Crippen molar-refractivity contribution in [2.24, 2.45) is 0 Å². The second-order valence-corrected chi connectivity index (χ2v) is 9.33. The lowest BCUT2D eigenvalue weighted by Gasteiger charge is -2.15. The molecule has 4 rings (SSSR count). The summed E-state index contributed by atoms with van der Waals surface area (Å²) in [5.41, 5.74) is 2.56. The lowest BCUT2D eigenvalue weighted by Crippen LogP contribution is -2.27. The maximum Gasteiger partial charge on any atom is 0.416 e. The van der Waals surface area contributed by atoms with E-state index >= 15 is 0 Å². The molecule has 1 fully saturated rings. The van der Waals surface area contributed by atoms with Crippen molar-refractivity contribution in [1.29, 1.82) is 0 Å². The van der Waals surface area contributed by atoms with Crippen molar-refractivity contribution in [2.75, 3.05) is 11.5 Å². The summed E-state index contributed by atoms with van der Waals surface area (Å²) in [4.78, 5) is 15.1. The van der Waals surface area contributed by atoms with Gasteiger partial charge in [0.05, 0.1) is 22.8 Å². The lowest BCUT2D eigenvalue weighted by atomic mass is 10.2. The van der Waals surface area contributed by atoms with E-state index in [9.17, 15) is 18.0 Å². The second kappa shape index (κ2) is 9.31. The molecule has 1 aliphatic rings. The normalized spacial score (nSPS) is 15.5. The van der Waals surface area contributed by atoms with Gasteiger partial charge in [-0.3, -0.25) is 9.69 Å². The molecule has 0 unspecified atom stereocenters. The molecule has 2 heterocycles. The molecule has 176 valence electrons. The van der Waals surface area contributed by atoms with Gasteiger partial charge in [-0.05, 0) is 80.9 Å². The number of rotatable bonds is 5. The van der Waals surface area contributed by atoms with Crippen LogP contribution < -0.4 is 9.64 Å². The van der Waals surface area contributed by atoms with Crippen molar-refractivity contribution in [1.82, 2.24) is 4.57 Å². The molecule has 1 aromatic heterocycles. The van der Waals surface area contributed by atoms with Gasteiger partial charge in [-0.25, -0.2) is 0 Å². The van der Waals surface area contributed by atoms with E-state index in [1.165, 1.54) is 22.7 Å². The Hall–Kier alpha value is -3.04. The maximum atomic E-state index is 13.2. The van der Waals surface area contributed by atoms with Gasteiger partial charge in [-0.1, -0.05) is 30.0 Å². The number of halogens is 3. The Kier molecular flexibility index (Phi) is 6.60. The zero-order chi connectivity index (χ0) is 24.6. The summed E-state index contributed by atoms with van der Waals surface area (Å²) < 4.78 is 47.2. The maximum absolute atomic E-state index is 13.2. The molecule has 2 aromatic carbocycles. The summed E-state index contributed by atoms with van der Waals surface area (Å²) in [7, 11) is 0. The second-order valence-electron chi connectivity index (χ2n) is 7.65. The van der Waals surface area contributed by atoms with Crippen LogP contribution >= 0.6 is 24.0 Å². The Morgan fingerprint density at radius 3 is 2.41 bits per heavy atom. The average molecular weight is 503 g/mol. The van der Waals surface area contributed by atoms with Gasteiger partial charge in [-0.2, -0.15) is 13.2 Å². The quantitative estimate of drug-likeness (QED) is 0.280. The van der Waals surface area contributed by atoms with Crippen molar-refractivity contribution in [3.8, 4) is 11.4 Å². The Balaban J connectivity index is 1.65. The number of alkyl halides is 3. The smallest absolute Gasteiger partial charge is 0.416 e. The van der Waals surface area contributed by atoms with Gasteiger partial charge in [0, 0.05) is 17.1 Å². The van der Waals surface area contributed by atoms with Gasteiger partial charge in [0.1, 0.15) is 5.75 Å². The third-order valence-corrected chi connectivity index (χ3v) is 6.69. The molecule has 0 spiro atoms. The number of hydrogen-bond donors (Lipinski definition) is 0. The predicted octanol–water partition coefficient (Wildman–Crippen LogP) is 6.92. The van der Waals surface area contributed by atoms with Crippen molar-refractivity contribution >= 4 is 46.0 Å². The molecule has 34 heavy (non-hydrogen) atoms. The van der Waals surface area contributed by atoms with Crippen molar-refractivity contribution in [2.45, 2.75) is 26.9 Å². The topological polar surface area (TPSA) is 34.5 Å². The van der Waals surface area contributed by atoms with E-state index in [1.54, 1.807) is 41.0 Å². The van der Waals surface area contributed by atoms with Crippen LogP contribution in [0.15, 0.2) is 59.5 Å². The van der Waals surface area contributed by atoms with Crippen LogP contribution in [-0.2, 0) is 11.0 Å². The Labute approximate surface area is 205 Å². The summed E-state index contributed by atoms with van der Waals surface area (Å²) in [5.74, 6) is 0.456. The predicted molar refractivity (Wildman–Crippen MR) is 134 cm³/mol. The molecule has 1 aliphatic heterocycles. The SMILES string of the molecule is CCOc1ccc(N2C(=O)/C(=C\c3cc(C)n(-c4cccc(C(F)(F)F)c4)c3C)SC2=S)cc1. The number of aryl methyl sites for hydroxylation is 1. The van der Waals surface area contributed by atoms with Crippen LogP contribution in [0.25, 0.3) is 11.8 Å². The molecular weight excluding hydrogens is 481 g/mol. The number of hydrogen-bond acceptors (Lipinski definition) is 4. The average Bonchev–Trinajstić information content (AvgIpc) is 3.22. The fourth-order valence-corrected chi connectivity index (χ4v) is 5.13. The molecule has 3 aromatic rings. The van der Waals surface area contributed by atoms with Crippen LogP contribution in [0.4, 0.5) is 18.9 Å². The van der Waals surface area contributed by atoms with E-state index in [1.807, 2.05) is 26.8 Å². The van der Waals surface area contributed by atoms with E-state index in [4.69, 9.17) is 17.0 Å². The zero-order valence-corrected chi connectivity index (χ0v) is 20.3. The van der Waals surface area contributed by atoms with Crippen molar-refractivity contribution < 1.29 is 22.7 Å². The Morgan fingerprint density at radius 2 is 1.76 bits per heavy atom. The van der Waals surface area contributed by atoms with E-state index in [0.717, 1.165) is 29.1 Å². The first-order valence-corrected chi connectivity index (χ1v) is 11.7. The third-order valence-electron chi connectivity index (χ3n) is 5.39. The number of carbonyl (C=O) groups excluding carboxylic acids is 1. The minimum atomic E-state index is -4.43. The summed E-state index contributed by atoms with van der Waals surface area (Å²) in [5, 5.41) is 0. The monoisotopic (exact) mass is 502 g/mol. The molecule has 0 radical (unpaired) electrons. The highest BCUT2D eigenvalue weighted by Gasteiger charge is 2.34. The first-order chi connectivity index (χ1) is 16.1. The fraction of sp³-hybridized carbons (Fsp3) is 0.200. The number of thioether (sulfide) groups is 1. The van der Waals surface area contributed by atoms with E-state index in [2.05, 4.69) is 0 Å². The molecule has 4 nitrogen and oxygen atoms in total. The van der Waals surface area contributed by atoms with Crippen LogP contribution in [0, 0.1) is 13.8 Å².